The third-order valence-electron chi connectivity index (χ3n) is 9.14. The maximum Gasteiger partial charge on any atom is 0.263 e. The summed E-state index contributed by atoms with van der Waals surface area (Å²) in [6, 6.07) is 24.8. The predicted octanol–water partition coefficient (Wildman–Crippen LogP) is 5.23. The summed E-state index contributed by atoms with van der Waals surface area (Å²) < 4.78 is 19.3. The molecular weight excluding hydrogens is 620 g/mol. The number of nitrogens with zero attached hydrogens (tertiary/aromatic N) is 2. The number of H-pyrrole nitrogens is 1. The highest BCUT2D eigenvalue weighted by atomic mass is 16.5. The molecule has 1 aliphatic heterocycles. The van der Waals surface area contributed by atoms with E-state index in [1.807, 2.05) is 78.9 Å². The molecule has 0 radical (unpaired) electrons. The molecule has 4 N–H and O–H groups in total. The minimum absolute atomic E-state index is 0.143. The molecule has 1 saturated heterocycles. The SMILES string of the molecule is CC#Cc1cn([C@H]2C[C@H](O)[C@@H](C(O)C(c3ccccc3)(c3ccc(OC)cc3)c3ccc(OC)cc3)O2)c2nc(NCC(C)C)[nH]c(=O)c12. The fraction of sp³-hybridized carbons (Fsp3) is 0.333. The number of benzene rings is 3. The zero-order chi connectivity index (χ0) is 34.7. The Hall–Kier alpha value is -5.08. The number of aromatic nitrogens is 3. The Morgan fingerprint density at radius 3 is 2.14 bits per heavy atom. The van der Waals surface area contributed by atoms with Crippen LogP contribution in [0.3, 0.4) is 0 Å². The number of nitrogens with one attached hydrogen (secondary N) is 2. The van der Waals surface area contributed by atoms with Crippen molar-refractivity contribution in [2.24, 2.45) is 5.92 Å². The van der Waals surface area contributed by atoms with Crippen molar-refractivity contribution < 1.29 is 24.4 Å². The lowest BCUT2D eigenvalue weighted by molar-refractivity contribution is -0.0959. The summed E-state index contributed by atoms with van der Waals surface area (Å²) in [5.41, 5.74) is 1.71. The van der Waals surface area contributed by atoms with Crippen LogP contribution in [0.15, 0.2) is 89.9 Å². The molecule has 3 heterocycles. The van der Waals surface area contributed by atoms with Gasteiger partial charge in [0.1, 0.15) is 29.9 Å². The van der Waals surface area contributed by atoms with Crippen molar-refractivity contribution in [3.8, 4) is 23.3 Å². The Morgan fingerprint density at radius 1 is 1.00 bits per heavy atom. The smallest absolute Gasteiger partial charge is 0.263 e. The largest absolute Gasteiger partial charge is 0.497 e. The van der Waals surface area contributed by atoms with E-state index in [2.05, 4.69) is 36.0 Å². The molecule has 10 nitrogen and oxygen atoms in total. The molecule has 4 atom stereocenters. The Bertz CT molecular complexity index is 1960. The van der Waals surface area contributed by atoms with Gasteiger partial charge < -0.3 is 34.3 Å². The van der Waals surface area contributed by atoms with Crippen LogP contribution in [0.25, 0.3) is 11.0 Å². The number of aliphatic hydroxyl groups is 2. The summed E-state index contributed by atoms with van der Waals surface area (Å²) in [5.74, 6) is 7.89. The number of rotatable bonds is 11. The maximum atomic E-state index is 13.3. The Labute approximate surface area is 285 Å². The molecule has 1 unspecified atom stereocenters. The number of fused-ring (bicyclic) bond motifs is 1. The van der Waals surface area contributed by atoms with Gasteiger partial charge in [0, 0.05) is 19.2 Å². The van der Waals surface area contributed by atoms with Crippen molar-refractivity contribution in [3.05, 3.63) is 118 Å². The quantitative estimate of drug-likeness (QED) is 0.112. The third kappa shape index (κ3) is 6.29. The fourth-order valence-electron chi connectivity index (χ4n) is 6.79. The van der Waals surface area contributed by atoms with Crippen LogP contribution < -0.4 is 20.3 Å². The highest BCUT2D eigenvalue weighted by Gasteiger charge is 2.52. The zero-order valence-electron chi connectivity index (χ0n) is 28.3. The molecule has 1 fully saturated rings. The van der Waals surface area contributed by atoms with Crippen molar-refractivity contribution >= 4 is 17.0 Å². The molecule has 0 aliphatic carbocycles. The van der Waals surface area contributed by atoms with E-state index >= 15 is 0 Å². The van der Waals surface area contributed by atoms with Gasteiger partial charge in [-0.3, -0.25) is 9.78 Å². The lowest BCUT2D eigenvalue weighted by Crippen LogP contribution is -2.51. The van der Waals surface area contributed by atoms with Gasteiger partial charge in [0.25, 0.3) is 5.56 Å². The average Bonchev–Trinajstić information content (AvgIpc) is 3.69. The topological polar surface area (TPSA) is 131 Å². The number of methoxy groups -OCH3 is 2. The molecule has 0 amide bonds. The number of anilines is 1. The van der Waals surface area contributed by atoms with Crippen molar-refractivity contribution in [2.45, 2.75) is 57.1 Å². The number of aromatic amines is 1. The monoisotopic (exact) mass is 662 g/mol. The normalized spacial score (nSPS) is 18.2. The molecule has 5 aromatic rings. The van der Waals surface area contributed by atoms with Crippen molar-refractivity contribution in [3.63, 3.8) is 0 Å². The Morgan fingerprint density at radius 2 is 1.59 bits per heavy atom. The average molecular weight is 663 g/mol. The summed E-state index contributed by atoms with van der Waals surface area (Å²) in [7, 11) is 3.21. The van der Waals surface area contributed by atoms with Crippen molar-refractivity contribution in [2.75, 3.05) is 26.1 Å². The second kappa shape index (κ2) is 14.2. The first kappa shape index (κ1) is 33.8. The molecule has 10 heteroatoms. The summed E-state index contributed by atoms with van der Waals surface area (Å²) in [6.45, 7) is 6.44. The van der Waals surface area contributed by atoms with Crippen LogP contribution in [0.5, 0.6) is 11.5 Å². The van der Waals surface area contributed by atoms with Gasteiger partial charge >= 0.3 is 0 Å². The van der Waals surface area contributed by atoms with Gasteiger partial charge in [-0.25, -0.2) is 0 Å². The Balaban J connectivity index is 1.48. The summed E-state index contributed by atoms with van der Waals surface area (Å²) >= 11 is 0. The molecule has 0 spiro atoms. The minimum Gasteiger partial charge on any atom is -0.497 e. The molecule has 0 saturated carbocycles. The third-order valence-corrected chi connectivity index (χ3v) is 9.14. The van der Waals surface area contributed by atoms with Crippen LogP contribution in [-0.4, -0.2) is 63.8 Å². The van der Waals surface area contributed by atoms with E-state index in [1.54, 1.807) is 31.9 Å². The van der Waals surface area contributed by atoms with Gasteiger partial charge in [-0.1, -0.05) is 74.4 Å². The summed E-state index contributed by atoms with van der Waals surface area (Å²) in [6.07, 6.45) is -2.28. The molecule has 49 heavy (non-hydrogen) atoms. The van der Waals surface area contributed by atoms with Crippen LogP contribution >= 0.6 is 0 Å². The second-order valence-corrected chi connectivity index (χ2v) is 12.6. The van der Waals surface area contributed by atoms with E-state index in [9.17, 15) is 15.0 Å². The highest BCUT2D eigenvalue weighted by molar-refractivity contribution is 5.83. The molecule has 6 rings (SSSR count). The summed E-state index contributed by atoms with van der Waals surface area (Å²) in [4.78, 5) is 20.9. The van der Waals surface area contributed by atoms with Crippen LogP contribution in [0.1, 0.15) is 55.7 Å². The second-order valence-electron chi connectivity index (χ2n) is 12.6. The molecule has 254 valence electrons. The van der Waals surface area contributed by atoms with E-state index in [1.165, 1.54) is 0 Å². The number of ether oxygens (including phenoxy) is 3. The molecule has 1 aliphatic rings. The van der Waals surface area contributed by atoms with Gasteiger partial charge in [0.2, 0.25) is 5.95 Å². The van der Waals surface area contributed by atoms with Gasteiger partial charge in [-0.05, 0) is 53.8 Å². The number of hydrogen-bond acceptors (Lipinski definition) is 8. The maximum absolute atomic E-state index is 13.3. The van der Waals surface area contributed by atoms with E-state index < -0.39 is 30.0 Å². The van der Waals surface area contributed by atoms with Crippen LogP contribution in [0.4, 0.5) is 5.95 Å². The standard InChI is InChI=1S/C39H42N4O6/c1-6-10-25-23-43(36-33(25)37(46)42-38(41-36)40-22-24(2)3)32-21-31(44)34(49-32)35(45)39(26-11-8-7-9-12-26,27-13-17-29(47-4)18-14-27)28-15-19-30(48-5)20-16-28/h7-9,11-20,23-24,31-32,34-35,44-45H,21-22H2,1-5H3,(H2,40,41,42,46)/t31-,32+,34-,35?/m0/s1. The minimum atomic E-state index is -1.28. The molecule has 3 aromatic carbocycles. The van der Waals surface area contributed by atoms with Crippen LogP contribution in [0.2, 0.25) is 0 Å². The summed E-state index contributed by atoms with van der Waals surface area (Å²) in [5, 5.41) is 28.0. The van der Waals surface area contributed by atoms with E-state index in [-0.39, 0.29) is 12.0 Å². The van der Waals surface area contributed by atoms with Gasteiger partial charge in [0.15, 0.2) is 5.65 Å². The zero-order valence-corrected chi connectivity index (χ0v) is 28.3. The van der Waals surface area contributed by atoms with E-state index in [0.717, 1.165) is 16.7 Å². The first-order valence-corrected chi connectivity index (χ1v) is 16.4. The lowest BCUT2D eigenvalue weighted by Gasteiger charge is -2.43. The van der Waals surface area contributed by atoms with Crippen LogP contribution in [-0.2, 0) is 10.2 Å². The number of aliphatic hydroxyl groups excluding tert-OH is 2. The van der Waals surface area contributed by atoms with Gasteiger partial charge in [-0.15, -0.1) is 5.92 Å². The highest BCUT2D eigenvalue weighted by Crippen LogP contribution is 2.47. The fourth-order valence-corrected chi connectivity index (χ4v) is 6.79. The first-order valence-electron chi connectivity index (χ1n) is 16.4. The molecule has 2 aromatic heterocycles. The molecular formula is C39H42N4O6. The Kier molecular flexibility index (Phi) is 9.79. The van der Waals surface area contributed by atoms with Gasteiger partial charge in [-0.2, -0.15) is 4.98 Å². The molecule has 0 bridgehead atoms. The van der Waals surface area contributed by atoms with Crippen LogP contribution in [0, 0.1) is 17.8 Å². The van der Waals surface area contributed by atoms with Crippen molar-refractivity contribution in [1.29, 1.82) is 0 Å². The number of hydrogen-bond donors (Lipinski definition) is 4. The predicted molar refractivity (Wildman–Crippen MR) is 189 cm³/mol. The van der Waals surface area contributed by atoms with Crippen molar-refractivity contribution in [1.82, 2.24) is 14.5 Å². The van der Waals surface area contributed by atoms with Gasteiger partial charge in [0.05, 0.1) is 36.7 Å². The first-order chi connectivity index (χ1) is 23.7. The van der Waals surface area contributed by atoms with E-state index in [4.69, 9.17) is 19.2 Å². The van der Waals surface area contributed by atoms with E-state index in [0.29, 0.717) is 46.5 Å². The lowest BCUT2D eigenvalue weighted by atomic mass is 9.64.